The normalized spacial score (nSPS) is 19.8. The Morgan fingerprint density at radius 2 is 1.59 bits per heavy atom. The van der Waals surface area contributed by atoms with Crippen LogP contribution in [0.5, 0.6) is 0 Å². The molecule has 5 rings (SSSR count). The third kappa shape index (κ3) is 3.42. The minimum absolute atomic E-state index is 0.0673. The van der Waals surface area contributed by atoms with Crippen molar-refractivity contribution in [2.24, 2.45) is 5.92 Å². The van der Waals surface area contributed by atoms with E-state index in [1.807, 2.05) is 36.4 Å². The van der Waals surface area contributed by atoms with E-state index in [2.05, 4.69) is 22.8 Å². The number of hydrogen-bond donors (Lipinski definition) is 3. The van der Waals surface area contributed by atoms with Gasteiger partial charge in [-0.05, 0) is 60.8 Å². The summed E-state index contributed by atoms with van der Waals surface area (Å²) < 4.78 is 5.56. The molecule has 2 fully saturated rings. The van der Waals surface area contributed by atoms with Gasteiger partial charge in [-0.2, -0.15) is 0 Å². The lowest BCUT2D eigenvalue weighted by molar-refractivity contribution is -0.148. The Kier molecular flexibility index (Phi) is 4.73. The van der Waals surface area contributed by atoms with Gasteiger partial charge in [-0.1, -0.05) is 48.5 Å². The topological polar surface area (TPSA) is 105 Å². The molecule has 0 aliphatic heterocycles. The zero-order valence-corrected chi connectivity index (χ0v) is 17.9. The number of nitrogens with one attached hydrogen (secondary N) is 2. The average Bonchev–Trinajstić information content (AvgIpc) is 3.70. The zero-order valence-electron chi connectivity index (χ0n) is 17.9. The molecular formula is C25H26N2O5. The summed E-state index contributed by atoms with van der Waals surface area (Å²) in [4.78, 5) is 37.2. The Balaban J connectivity index is 1.24. The first-order valence-electron chi connectivity index (χ1n) is 11.0. The van der Waals surface area contributed by atoms with Crippen LogP contribution in [0.1, 0.15) is 49.7 Å². The van der Waals surface area contributed by atoms with Crippen molar-refractivity contribution < 1.29 is 24.2 Å². The van der Waals surface area contributed by atoms with Crippen LogP contribution in [0, 0.1) is 5.92 Å². The second-order valence-corrected chi connectivity index (χ2v) is 9.27. The largest absolute Gasteiger partial charge is 0.480 e. The molecule has 0 bridgehead atoms. The van der Waals surface area contributed by atoms with Crippen LogP contribution in [-0.4, -0.2) is 40.8 Å². The third-order valence-corrected chi connectivity index (χ3v) is 7.08. The van der Waals surface area contributed by atoms with Gasteiger partial charge in [0.25, 0.3) is 0 Å². The van der Waals surface area contributed by atoms with E-state index in [0.717, 1.165) is 35.1 Å². The van der Waals surface area contributed by atoms with Crippen LogP contribution in [0.25, 0.3) is 11.1 Å². The number of fused-ring (bicyclic) bond motifs is 3. The van der Waals surface area contributed by atoms with Crippen LogP contribution in [-0.2, 0) is 14.3 Å². The lowest BCUT2D eigenvalue weighted by Gasteiger charge is -2.29. The summed E-state index contributed by atoms with van der Waals surface area (Å²) in [7, 11) is 0. The van der Waals surface area contributed by atoms with Gasteiger partial charge in [0.2, 0.25) is 5.91 Å². The third-order valence-electron chi connectivity index (χ3n) is 7.08. The van der Waals surface area contributed by atoms with Crippen molar-refractivity contribution in [1.29, 1.82) is 0 Å². The Morgan fingerprint density at radius 1 is 1.03 bits per heavy atom. The fourth-order valence-corrected chi connectivity index (χ4v) is 4.71. The maximum Gasteiger partial charge on any atom is 0.408 e. The average molecular weight is 434 g/mol. The predicted molar refractivity (Wildman–Crippen MR) is 117 cm³/mol. The molecular weight excluding hydrogens is 408 g/mol. The quantitative estimate of drug-likeness (QED) is 0.619. The summed E-state index contributed by atoms with van der Waals surface area (Å²) in [5.41, 5.74) is 2.11. The van der Waals surface area contributed by atoms with E-state index in [-0.39, 0.29) is 18.4 Å². The number of amides is 2. The van der Waals surface area contributed by atoms with E-state index in [1.54, 1.807) is 0 Å². The number of benzene rings is 2. The Hall–Kier alpha value is -3.35. The molecule has 0 heterocycles. The molecule has 0 aromatic heterocycles. The summed E-state index contributed by atoms with van der Waals surface area (Å²) in [6.07, 6.45) is 1.81. The Labute approximate surface area is 186 Å². The van der Waals surface area contributed by atoms with Gasteiger partial charge in [0.05, 0.1) is 0 Å². The number of carboxylic acids is 1. The van der Waals surface area contributed by atoms with Gasteiger partial charge in [0.15, 0.2) is 0 Å². The minimum Gasteiger partial charge on any atom is -0.480 e. The highest BCUT2D eigenvalue weighted by molar-refractivity contribution is 5.96. The molecule has 3 N–H and O–H groups in total. The SMILES string of the molecule is CC(NC(=O)C1(NC(=O)OCC2c3ccccc3-c3ccccc32)CC1)(C(=O)O)C1CC1. The fourth-order valence-electron chi connectivity index (χ4n) is 4.71. The van der Waals surface area contributed by atoms with Crippen molar-refractivity contribution in [2.45, 2.75) is 49.6 Å². The summed E-state index contributed by atoms with van der Waals surface area (Å²) >= 11 is 0. The van der Waals surface area contributed by atoms with Crippen LogP contribution in [0.3, 0.4) is 0 Å². The van der Waals surface area contributed by atoms with E-state index in [4.69, 9.17) is 4.74 Å². The van der Waals surface area contributed by atoms with Gasteiger partial charge in [0, 0.05) is 5.92 Å². The first kappa shape index (κ1) is 20.5. The molecule has 166 valence electrons. The van der Waals surface area contributed by atoms with Crippen LogP contribution in [0.4, 0.5) is 4.79 Å². The maximum absolute atomic E-state index is 12.9. The molecule has 3 aliphatic rings. The first-order valence-corrected chi connectivity index (χ1v) is 11.0. The molecule has 1 unspecified atom stereocenters. The van der Waals surface area contributed by atoms with Gasteiger partial charge in [0.1, 0.15) is 17.7 Å². The number of alkyl carbamates (subject to hydrolysis) is 1. The molecule has 0 saturated heterocycles. The lowest BCUT2D eigenvalue weighted by Crippen LogP contribution is -2.60. The molecule has 1 atom stereocenters. The number of hydrogen-bond acceptors (Lipinski definition) is 4. The second-order valence-electron chi connectivity index (χ2n) is 9.27. The van der Waals surface area contributed by atoms with Crippen LogP contribution >= 0.6 is 0 Å². The van der Waals surface area contributed by atoms with Crippen molar-refractivity contribution in [3.05, 3.63) is 59.7 Å². The molecule has 32 heavy (non-hydrogen) atoms. The lowest BCUT2D eigenvalue weighted by atomic mass is 9.95. The highest BCUT2D eigenvalue weighted by atomic mass is 16.5. The zero-order chi connectivity index (χ0) is 22.5. The summed E-state index contributed by atoms with van der Waals surface area (Å²) in [5.74, 6) is -1.65. The van der Waals surface area contributed by atoms with Gasteiger partial charge in [-0.25, -0.2) is 9.59 Å². The molecule has 3 aliphatic carbocycles. The molecule has 7 nitrogen and oxygen atoms in total. The van der Waals surface area contributed by atoms with Gasteiger partial charge in [-0.15, -0.1) is 0 Å². The van der Waals surface area contributed by atoms with Crippen LogP contribution < -0.4 is 10.6 Å². The van der Waals surface area contributed by atoms with Gasteiger partial charge >= 0.3 is 12.1 Å². The molecule has 0 spiro atoms. The number of aliphatic carboxylic acids is 1. The van der Waals surface area contributed by atoms with Crippen molar-refractivity contribution in [2.75, 3.05) is 6.61 Å². The fraction of sp³-hybridized carbons (Fsp3) is 0.400. The molecule has 2 saturated carbocycles. The molecule has 2 aromatic carbocycles. The number of rotatable bonds is 7. The summed E-state index contributed by atoms with van der Waals surface area (Å²) in [5, 5.41) is 15.0. The smallest absolute Gasteiger partial charge is 0.408 e. The Morgan fingerprint density at radius 3 is 2.09 bits per heavy atom. The number of carbonyl (C=O) groups excluding carboxylic acids is 2. The van der Waals surface area contributed by atoms with E-state index < -0.39 is 29.0 Å². The monoisotopic (exact) mass is 434 g/mol. The van der Waals surface area contributed by atoms with E-state index in [0.29, 0.717) is 12.8 Å². The number of ether oxygens (including phenoxy) is 1. The number of carbonyl (C=O) groups is 3. The first-order chi connectivity index (χ1) is 15.3. The van der Waals surface area contributed by atoms with Crippen molar-refractivity contribution in [1.82, 2.24) is 10.6 Å². The molecule has 2 amide bonds. The van der Waals surface area contributed by atoms with Crippen LogP contribution in [0.15, 0.2) is 48.5 Å². The van der Waals surface area contributed by atoms with Gasteiger partial charge in [-0.3, -0.25) is 4.79 Å². The molecule has 0 radical (unpaired) electrons. The van der Waals surface area contributed by atoms with Gasteiger partial charge < -0.3 is 20.5 Å². The summed E-state index contributed by atoms with van der Waals surface area (Å²) in [6.45, 7) is 1.70. The molecule has 2 aromatic rings. The van der Waals surface area contributed by atoms with Crippen LogP contribution in [0.2, 0.25) is 0 Å². The predicted octanol–water partition coefficient (Wildman–Crippen LogP) is 3.43. The van der Waals surface area contributed by atoms with E-state index >= 15 is 0 Å². The minimum atomic E-state index is -1.31. The maximum atomic E-state index is 12.9. The van der Waals surface area contributed by atoms with Crippen molar-refractivity contribution >= 4 is 18.0 Å². The van der Waals surface area contributed by atoms with E-state index in [1.165, 1.54) is 6.92 Å². The highest BCUT2D eigenvalue weighted by Crippen LogP contribution is 2.45. The highest BCUT2D eigenvalue weighted by Gasteiger charge is 2.56. The van der Waals surface area contributed by atoms with Crippen molar-refractivity contribution in [3.63, 3.8) is 0 Å². The second kappa shape index (κ2) is 7.36. The van der Waals surface area contributed by atoms with E-state index in [9.17, 15) is 19.5 Å². The molecule has 7 heteroatoms. The standard InChI is InChI=1S/C25H26N2O5/c1-24(22(29)30,15-10-11-15)26-21(28)25(12-13-25)27-23(31)32-14-20-18-8-4-2-6-16(18)17-7-3-5-9-19(17)20/h2-9,15,20H,10-14H2,1H3,(H,26,28)(H,27,31)(H,29,30). The number of carboxylic acid groups (broad SMARTS) is 1. The Bertz CT molecular complexity index is 1060. The van der Waals surface area contributed by atoms with Crippen molar-refractivity contribution in [3.8, 4) is 11.1 Å². The summed E-state index contributed by atoms with van der Waals surface area (Å²) in [6, 6.07) is 16.2.